The lowest BCUT2D eigenvalue weighted by molar-refractivity contribution is 0.321. The van der Waals surface area contributed by atoms with Gasteiger partial charge in [0.1, 0.15) is 5.82 Å². The Morgan fingerprint density at radius 3 is 2.48 bits per heavy atom. The monoisotopic (exact) mass is 363 g/mol. The SMILES string of the molecule is C=C1CC(c2cc(Cl)ccc2F)c2c(cc(OC)c(OC)c2OC)N1. The number of nitrogens with one attached hydrogen (secondary N) is 1. The number of anilines is 1. The zero-order chi connectivity index (χ0) is 18.1. The van der Waals surface area contributed by atoms with Gasteiger partial charge >= 0.3 is 0 Å². The highest BCUT2D eigenvalue weighted by molar-refractivity contribution is 6.30. The smallest absolute Gasteiger partial charge is 0.203 e. The van der Waals surface area contributed by atoms with Gasteiger partial charge in [-0.15, -0.1) is 0 Å². The molecule has 0 saturated heterocycles. The predicted molar refractivity (Wildman–Crippen MR) is 96.7 cm³/mol. The molecule has 1 aliphatic rings. The molecule has 4 nitrogen and oxygen atoms in total. The van der Waals surface area contributed by atoms with Gasteiger partial charge in [0.25, 0.3) is 0 Å². The molecule has 0 saturated carbocycles. The first-order valence-corrected chi connectivity index (χ1v) is 8.10. The highest BCUT2D eigenvalue weighted by Crippen LogP contribution is 2.52. The number of fused-ring (bicyclic) bond motifs is 1. The van der Waals surface area contributed by atoms with Gasteiger partial charge in [-0.3, -0.25) is 0 Å². The van der Waals surface area contributed by atoms with Crippen molar-refractivity contribution in [3.05, 3.63) is 58.5 Å². The van der Waals surface area contributed by atoms with Crippen LogP contribution >= 0.6 is 11.6 Å². The van der Waals surface area contributed by atoms with E-state index >= 15 is 0 Å². The Morgan fingerprint density at radius 2 is 1.84 bits per heavy atom. The van der Waals surface area contributed by atoms with E-state index in [0.29, 0.717) is 34.3 Å². The third kappa shape index (κ3) is 3.00. The Bertz CT molecular complexity index is 838. The second-order valence-electron chi connectivity index (χ2n) is 5.76. The topological polar surface area (TPSA) is 39.7 Å². The van der Waals surface area contributed by atoms with Gasteiger partial charge in [-0.25, -0.2) is 4.39 Å². The van der Waals surface area contributed by atoms with Crippen molar-refractivity contribution in [2.75, 3.05) is 26.6 Å². The molecule has 3 rings (SSSR count). The highest BCUT2D eigenvalue weighted by atomic mass is 35.5. The molecule has 2 aromatic rings. The van der Waals surface area contributed by atoms with Gasteiger partial charge < -0.3 is 19.5 Å². The van der Waals surface area contributed by atoms with Gasteiger partial charge in [0, 0.05) is 34.0 Å². The van der Waals surface area contributed by atoms with Crippen molar-refractivity contribution in [1.29, 1.82) is 0 Å². The lowest BCUT2D eigenvalue weighted by Crippen LogP contribution is -2.18. The van der Waals surface area contributed by atoms with Crippen LogP contribution in [0.15, 0.2) is 36.5 Å². The first-order chi connectivity index (χ1) is 12.0. The summed E-state index contributed by atoms with van der Waals surface area (Å²) in [7, 11) is 4.64. The van der Waals surface area contributed by atoms with Crippen LogP contribution < -0.4 is 19.5 Å². The summed E-state index contributed by atoms with van der Waals surface area (Å²) < 4.78 is 31.0. The van der Waals surface area contributed by atoms with E-state index in [1.807, 2.05) is 0 Å². The average Bonchev–Trinajstić information content (AvgIpc) is 2.61. The molecule has 1 unspecified atom stereocenters. The first-order valence-electron chi connectivity index (χ1n) is 7.72. The summed E-state index contributed by atoms with van der Waals surface area (Å²) in [6.45, 7) is 4.02. The molecular formula is C19H19ClFNO3. The molecule has 1 N–H and O–H groups in total. The number of benzene rings is 2. The van der Waals surface area contributed by atoms with E-state index in [0.717, 1.165) is 16.9 Å². The van der Waals surface area contributed by atoms with E-state index in [-0.39, 0.29) is 11.7 Å². The molecule has 0 aromatic heterocycles. The molecule has 0 spiro atoms. The number of rotatable bonds is 4. The summed E-state index contributed by atoms with van der Waals surface area (Å²) in [5.41, 5.74) is 2.79. The number of ether oxygens (including phenoxy) is 3. The second-order valence-corrected chi connectivity index (χ2v) is 6.19. The Balaban J connectivity index is 2.29. The van der Waals surface area contributed by atoms with Crippen LogP contribution in [-0.2, 0) is 0 Å². The number of hydrogen-bond donors (Lipinski definition) is 1. The van der Waals surface area contributed by atoms with Crippen molar-refractivity contribution in [3.8, 4) is 17.2 Å². The lowest BCUT2D eigenvalue weighted by Gasteiger charge is -2.31. The van der Waals surface area contributed by atoms with Crippen molar-refractivity contribution in [3.63, 3.8) is 0 Å². The van der Waals surface area contributed by atoms with Gasteiger partial charge in [-0.1, -0.05) is 18.2 Å². The number of allylic oxidation sites excluding steroid dienone is 1. The van der Waals surface area contributed by atoms with Crippen molar-refractivity contribution in [1.82, 2.24) is 0 Å². The number of hydrogen-bond acceptors (Lipinski definition) is 4. The molecule has 0 aliphatic carbocycles. The Hall–Kier alpha value is -2.40. The van der Waals surface area contributed by atoms with E-state index in [4.69, 9.17) is 25.8 Å². The second kappa shape index (κ2) is 6.84. The molecule has 2 aromatic carbocycles. The standard InChI is InChI=1S/C19H19ClFNO3/c1-10-7-13(12-8-11(20)5-6-14(12)21)17-15(22-10)9-16(23-2)18(24-3)19(17)25-4/h5-6,8-9,13,22H,1,7H2,2-4H3. The summed E-state index contributed by atoms with van der Waals surface area (Å²) in [6, 6.07) is 6.34. The zero-order valence-electron chi connectivity index (χ0n) is 14.3. The molecule has 25 heavy (non-hydrogen) atoms. The van der Waals surface area contributed by atoms with Crippen LogP contribution in [0.5, 0.6) is 17.2 Å². The minimum Gasteiger partial charge on any atom is -0.493 e. The van der Waals surface area contributed by atoms with E-state index in [2.05, 4.69) is 11.9 Å². The molecule has 1 aliphatic heterocycles. The number of halogens is 2. The quantitative estimate of drug-likeness (QED) is 0.832. The summed E-state index contributed by atoms with van der Waals surface area (Å²) >= 11 is 6.10. The van der Waals surface area contributed by atoms with Crippen LogP contribution in [0, 0.1) is 5.82 Å². The molecule has 0 fully saturated rings. The van der Waals surface area contributed by atoms with Crippen molar-refractivity contribution in [2.45, 2.75) is 12.3 Å². The van der Waals surface area contributed by atoms with E-state index in [1.165, 1.54) is 19.2 Å². The van der Waals surface area contributed by atoms with Crippen LogP contribution in [0.25, 0.3) is 0 Å². The van der Waals surface area contributed by atoms with Crippen LogP contribution in [0.2, 0.25) is 5.02 Å². The Kier molecular flexibility index (Phi) is 4.77. The van der Waals surface area contributed by atoms with Crippen LogP contribution in [0.1, 0.15) is 23.5 Å². The van der Waals surface area contributed by atoms with Gasteiger partial charge in [-0.05, 0) is 30.2 Å². The Morgan fingerprint density at radius 1 is 1.12 bits per heavy atom. The first kappa shape index (κ1) is 17.4. The Labute approximate surface area is 151 Å². The molecule has 6 heteroatoms. The van der Waals surface area contributed by atoms with Crippen molar-refractivity contribution < 1.29 is 18.6 Å². The maximum atomic E-state index is 14.5. The molecule has 0 bridgehead atoms. The minimum atomic E-state index is -0.327. The van der Waals surface area contributed by atoms with E-state index < -0.39 is 0 Å². The molecule has 0 radical (unpaired) electrons. The fraction of sp³-hybridized carbons (Fsp3) is 0.263. The maximum Gasteiger partial charge on any atom is 0.203 e. The third-order valence-electron chi connectivity index (χ3n) is 4.31. The number of methoxy groups -OCH3 is 3. The summed E-state index contributed by atoms with van der Waals surface area (Å²) in [4.78, 5) is 0. The molecule has 1 atom stereocenters. The largest absolute Gasteiger partial charge is 0.493 e. The van der Waals surface area contributed by atoms with Crippen LogP contribution in [0.3, 0.4) is 0 Å². The van der Waals surface area contributed by atoms with Gasteiger partial charge in [0.2, 0.25) is 5.75 Å². The fourth-order valence-corrected chi connectivity index (χ4v) is 3.45. The molecule has 132 valence electrons. The zero-order valence-corrected chi connectivity index (χ0v) is 15.0. The van der Waals surface area contributed by atoms with Crippen LogP contribution in [0.4, 0.5) is 10.1 Å². The van der Waals surface area contributed by atoms with Crippen molar-refractivity contribution >= 4 is 17.3 Å². The summed E-state index contributed by atoms with van der Waals surface area (Å²) in [5, 5.41) is 3.70. The average molecular weight is 364 g/mol. The van der Waals surface area contributed by atoms with E-state index in [1.54, 1.807) is 26.4 Å². The predicted octanol–water partition coefficient (Wildman–Crippen LogP) is 4.97. The highest BCUT2D eigenvalue weighted by Gasteiger charge is 2.33. The normalized spacial score (nSPS) is 16.0. The van der Waals surface area contributed by atoms with Gasteiger partial charge in [0.05, 0.1) is 21.3 Å². The molecular weight excluding hydrogens is 345 g/mol. The molecule has 1 heterocycles. The fourth-order valence-electron chi connectivity index (χ4n) is 3.26. The third-order valence-corrected chi connectivity index (χ3v) is 4.55. The lowest BCUT2D eigenvalue weighted by atomic mass is 9.82. The maximum absolute atomic E-state index is 14.5. The van der Waals surface area contributed by atoms with E-state index in [9.17, 15) is 4.39 Å². The molecule has 0 amide bonds. The van der Waals surface area contributed by atoms with Crippen LogP contribution in [-0.4, -0.2) is 21.3 Å². The van der Waals surface area contributed by atoms with Gasteiger partial charge in [0.15, 0.2) is 11.5 Å². The minimum absolute atomic E-state index is 0.308. The van der Waals surface area contributed by atoms with Crippen molar-refractivity contribution in [2.24, 2.45) is 0 Å². The summed E-state index contributed by atoms with van der Waals surface area (Å²) in [6.07, 6.45) is 0.510. The van der Waals surface area contributed by atoms with Gasteiger partial charge in [-0.2, -0.15) is 0 Å². The summed E-state index contributed by atoms with van der Waals surface area (Å²) in [5.74, 6) is 0.849.